The van der Waals surface area contributed by atoms with E-state index in [0.717, 1.165) is 77.0 Å². The van der Waals surface area contributed by atoms with Crippen molar-refractivity contribution in [2.24, 2.45) is 0 Å². The van der Waals surface area contributed by atoms with E-state index in [4.69, 9.17) is 24.4 Å². The maximum absolute atomic E-state index is 6.34. The molecule has 0 fully saturated rings. The smallest absolute Gasteiger partial charge is 0.227 e. The van der Waals surface area contributed by atoms with Crippen LogP contribution in [0.2, 0.25) is 0 Å². The molecule has 51 heavy (non-hydrogen) atoms. The molecular weight excluding hydrogens is 625 g/mol. The predicted octanol–water partition coefficient (Wildman–Crippen LogP) is 11.8. The molecule has 10 aromatic rings. The van der Waals surface area contributed by atoms with Gasteiger partial charge in [-0.25, -0.2) is 19.9 Å². The van der Waals surface area contributed by atoms with Crippen LogP contribution in [0, 0.1) is 0 Å². The first-order chi connectivity index (χ1) is 25.3. The second kappa shape index (κ2) is 11.9. The standard InChI is InChI=1S/C46H28N4O/c1-3-14-29(15-4-1)32-19-8-11-22-37(32)44-48-43(30-16-5-2-6-17-30)49-45(50-44)38-27-26-35(33-20-9-10-21-34(33)38)36-23-13-25-41-42(36)39-28-31-18-7-12-24-40(31)47-46(39)51-41/h1-28H. The molecule has 3 aromatic heterocycles. The minimum absolute atomic E-state index is 0.618. The van der Waals surface area contributed by atoms with Crippen molar-refractivity contribution in [3.05, 3.63) is 170 Å². The van der Waals surface area contributed by atoms with E-state index >= 15 is 0 Å². The van der Waals surface area contributed by atoms with E-state index in [1.165, 1.54) is 0 Å². The Hall–Kier alpha value is -6.98. The normalized spacial score (nSPS) is 11.5. The second-order valence-electron chi connectivity index (χ2n) is 12.6. The Morgan fingerprint density at radius 2 is 0.941 bits per heavy atom. The topological polar surface area (TPSA) is 64.7 Å². The van der Waals surface area contributed by atoms with Crippen LogP contribution in [-0.2, 0) is 0 Å². The number of aromatic nitrogens is 4. The Kier molecular flexibility index (Phi) is 6.74. The number of para-hydroxylation sites is 1. The van der Waals surface area contributed by atoms with Crippen molar-refractivity contribution >= 4 is 43.7 Å². The van der Waals surface area contributed by atoms with Gasteiger partial charge >= 0.3 is 0 Å². The van der Waals surface area contributed by atoms with Gasteiger partial charge in [-0.2, -0.15) is 0 Å². The lowest BCUT2D eigenvalue weighted by atomic mass is 9.92. The first-order valence-electron chi connectivity index (χ1n) is 17.0. The lowest BCUT2D eigenvalue weighted by Gasteiger charge is -2.14. The molecule has 10 rings (SSSR count). The summed E-state index contributed by atoms with van der Waals surface area (Å²) in [5.74, 6) is 1.87. The van der Waals surface area contributed by atoms with Crippen LogP contribution in [0.3, 0.4) is 0 Å². The number of rotatable bonds is 5. The van der Waals surface area contributed by atoms with Crippen molar-refractivity contribution in [1.29, 1.82) is 0 Å². The molecule has 0 spiro atoms. The van der Waals surface area contributed by atoms with Crippen molar-refractivity contribution in [1.82, 2.24) is 19.9 Å². The zero-order valence-corrected chi connectivity index (χ0v) is 27.4. The maximum atomic E-state index is 6.34. The van der Waals surface area contributed by atoms with Crippen LogP contribution in [0.4, 0.5) is 0 Å². The van der Waals surface area contributed by atoms with Gasteiger partial charge in [0.15, 0.2) is 17.5 Å². The van der Waals surface area contributed by atoms with Crippen LogP contribution in [0.1, 0.15) is 0 Å². The van der Waals surface area contributed by atoms with Crippen molar-refractivity contribution in [3.8, 4) is 56.4 Å². The number of nitrogens with zero attached hydrogens (tertiary/aromatic N) is 4. The summed E-state index contributed by atoms with van der Waals surface area (Å²) < 4.78 is 6.34. The SMILES string of the molecule is c1ccc(-c2nc(-c3ccccc3-c3ccccc3)nc(-c3ccc(-c4cccc5oc6nc7ccccc7cc6c45)c4ccccc34)n2)cc1. The molecule has 0 atom stereocenters. The number of pyridine rings is 1. The summed E-state index contributed by atoms with van der Waals surface area (Å²) in [6, 6.07) is 58.2. The summed E-state index contributed by atoms with van der Waals surface area (Å²) in [6.45, 7) is 0. The molecule has 5 nitrogen and oxygen atoms in total. The van der Waals surface area contributed by atoms with E-state index < -0.39 is 0 Å². The molecule has 0 aliphatic rings. The van der Waals surface area contributed by atoms with Gasteiger partial charge in [0, 0.05) is 32.8 Å². The van der Waals surface area contributed by atoms with Crippen molar-refractivity contribution < 1.29 is 4.42 Å². The summed E-state index contributed by atoms with van der Waals surface area (Å²) in [5, 5.41) is 5.28. The van der Waals surface area contributed by atoms with E-state index in [1.807, 2.05) is 66.7 Å². The van der Waals surface area contributed by atoms with Crippen LogP contribution in [0.15, 0.2) is 174 Å². The molecule has 0 saturated carbocycles. The molecule has 0 N–H and O–H groups in total. The largest absolute Gasteiger partial charge is 0.438 e. The summed E-state index contributed by atoms with van der Waals surface area (Å²) >= 11 is 0. The van der Waals surface area contributed by atoms with Gasteiger partial charge in [-0.05, 0) is 57.3 Å². The molecule has 0 aliphatic heterocycles. The third kappa shape index (κ3) is 4.94. The quantitative estimate of drug-likeness (QED) is 0.185. The third-order valence-corrected chi connectivity index (χ3v) is 9.57. The highest BCUT2D eigenvalue weighted by Crippen LogP contribution is 2.42. The minimum Gasteiger partial charge on any atom is -0.438 e. The van der Waals surface area contributed by atoms with Gasteiger partial charge in [0.05, 0.1) is 5.52 Å². The molecule has 0 radical (unpaired) electrons. The van der Waals surface area contributed by atoms with Crippen LogP contribution >= 0.6 is 0 Å². The van der Waals surface area contributed by atoms with E-state index in [1.54, 1.807) is 0 Å². The Balaban J connectivity index is 1.20. The van der Waals surface area contributed by atoms with Crippen LogP contribution in [0.5, 0.6) is 0 Å². The molecule has 0 saturated heterocycles. The van der Waals surface area contributed by atoms with Gasteiger partial charge in [-0.15, -0.1) is 0 Å². The number of hydrogen-bond acceptors (Lipinski definition) is 5. The Morgan fingerprint density at radius 3 is 1.75 bits per heavy atom. The van der Waals surface area contributed by atoms with E-state index in [9.17, 15) is 0 Å². The van der Waals surface area contributed by atoms with Gasteiger partial charge in [0.25, 0.3) is 0 Å². The van der Waals surface area contributed by atoms with Crippen molar-refractivity contribution in [3.63, 3.8) is 0 Å². The van der Waals surface area contributed by atoms with Gasteiger partial charge in [-0.3, -0.25) is 0 Å². The Bertz CT molecular complexity index is 2920. The molecule has 238 valence electrons. The van der Waals surface area contributed by atoms with Gasteiger partial charge in [-0.1, -0.05) is 146 Å². The first kappa shape index (κ1) is 29.0. The van der Waals surface area contributed by atoms with E-state index in [0.29, 0.717) is 23.2 Å². The molecule has 5 heteroatoms. The number of hydrogen-bond donors (Lipinski definition) is 0. The summed E-state index contributed by atoms with van der Waals surface area (Å²) in [7, 11) is 0. The maximum Gasteiger partial charge on any atom is 0.227 e. The average Bonchev–Trinajstić information content (AvgIpc) is 3.57. The highest BCUT2D eigenvalue weighted by Gasteiger charge is 2.20. The van der Waals surface area contributed by atoms with Crippen molar-refractivity contribution in [2.45, 2.75) is 0 Å². The minimum atomic E-state index is 0.618. The number of fused-ring (bicyclic) bond motifs is 5. The average molecular weight is 653 g/mol. The van der Waals surface area contributed by atoms with Crippen molar-refractivity contribution in [2.75, 3.05) is 0 Å². The Morgan fingerprint density at radius 1 is 0.353 bits per heavy atom. The zero-order chi connectivity index (χ0) is 33.7. The zero-order valence-electron chi connectivity index (χ0n) is 27.4. The number of benzene rings is 7. The summed E-state index contributed by atoms with van der Waals surface area (Å²) in [4.78, 5) is 20.3. The molecule has 7 aromatic carbocycles. The fourth-order valence-electron chi connectivity index (χ4n) is 7.19. The fourth-order valence-corrected chi connectivity index (χ4v) is 7.19. The summed E-state index contributed by atoms with van der Waals surface area (Å²) in [6.07, 6.45) is 0. The lowest BCUT2D eigenvalue weighted by Crippen LogP contribution is -2.01. The molecule has 0 aliphatic carbocycles. The molecular formula is C46H28N4O. The van der Waals surface area contributed by atoms with Gasteiger partial charge in [0.2, 0.25) is 5.71 Å². The predicted molar refractivity (Wildman–Crippen MR) is 207 cm³/mol. The van der Waals surface area contributed by atoms with E-state index in [-0.39, 0.29) is 0 Å². The third-order valence-electron chi connectivity index (χ3n) is 9.57. The van der Waals surface area contributed by atoms with Crippen LogP contribution in [0.25, 0.3) is 100 Å². The van der Waals surface area contributed by atoms with Gasteiger partial charge in [0.1, 0.15) is 5.58 Å². The van der Waals surface area contributed by atoms with E-state index in [2.05, 4.69) is 103 Å². The number of furan rings is 1. The molecule has 0 unspecified atom stereocenters. The molecule has 0 amide bonds. The highest BCUT2D eigenvalue weighted by atomic mass is 16.3. The van der Waals surface area contributed by atoms with Crippen LogP contribution in [-0.4, -0.2) is 19.9 Å². The fraction of sp³-hybridized carbons (Fsp3) is 0. The lowest BCUT2D eigenvalue weighted by molar-refractivity contribution is 0.656. The molecule has 3 heterocycles. The monoisotopic (exact) mass is 652 g/mol. The Labute approximate surface area is 293 Å². The second-order valence-corrected chi connectivity index (χ2v) is 12.6. The highest BCUT2D eigenvalue weighted by molar-refractivity contribution is 6.17. The first-order valence-corrected chi connectivity index (χ1v) is 17.0. The molecule has 0 bridgehead atoms. The summed E-state index contributed by atoms with van der Waals surface area (Å²) in [5.41, 5.74) is 9.54. The van der Waals surface area contributed by atoms with Gasteiger partial charge < -0.3 is 4.42 Å². The van der Waals surface area contributed by atoms with Crippen LogP contribution < -0.4 is 0 Å².